The minimum Gasteiger partial charge on any atom is -0.394 e. The van der Waals surface area contributed by atoms with Crippen LogP contribution in [0.2, 0.25) is 0 Å². The van der Waals surface area contributed by atoms with Gasteiger partial charge >= 0.3 is 0 Å². The van der Waals surface area contributed by atoms with Crippen LogP contribution < -0.4 is 5.32 Å². The molecule has 0 aromatic rings. The summed E-state index contributed by atoms with van der Waals surface area (Å²) < 4.78 is 11.3. The van der Waals surface area contributed by atoms with Gasteiger partial charge in [-0.2, -0.15) is 0 Å². The Bertz CT molecular complexity index is 997. The van der Waals surface area contributed by atoms with Crippen molar-refractivity contribution in [1.82, 2.24) is 5.32 Å². The van der Waals surface area contributed by atoms with Gasteiger partial charge in [-0.3, -0.25) is 4.79 Å². The molecule has 0 aromatic carbocycles. The Hall–Kier alpha value is -1.07. The summed E-state index contributed by atoms with van der Waals surface area (Å²) in [7, 11) is 0. The largest absolute Gasteiger partial charge is 0.394 e. The fraction of sp³-hybridized carbons (Fsp3) is 0.944. The fourth-order valence-electron chi connectivity index (χ4n) is 8.98. The van der Waals surface area contributed by atoms with Crippen molar-refractivity contribution in [3.63, 3.8) is 0 Å². The molecule has 0 radical (unpaired) electrons. The summed E-state index contributed by atoms with van der Waals surface area (Å²) in [4.78, 5) is 13.0. The molecule has 374 valence electrons. The van der Waals surface area contributed by atoms with Crippen LogP contribution in [0.3, 0.4) is 0 Å². The van der Waals surface area contributed by atoms with Crippen molar-refractivity contribution in [3.8, 4) is 0 Å². The molecule has 0 spiro atoms. The molecule has 1 saturated heterocycles. The van der Waals surface area contributed by atoms with Gasteiger partial charge in [-0.25, -0.2) is 0 Å². The van der Waals surface area contributed by atoms with E-state index in [0.717, 1.165) is 38.5 Å². The highest BCUT2D eigenvalue weighted by Gasteiger charge is 2.44. The Labute approximate surface area is 388 Å². The molecule has 63 heavy (non-hydrogen) atoms. The zero-order valence-corrected chi connectivity index (χ0v) is 41.4. The summed E-state index contributed by atoms with van der Waals surface area (Å²) in [6, 6.07) is -0.716. The van der Waals surface area contributed by atoms with Crippen LogP contribution in [0.25, 0.3) is 0 Å². The van der Waals surface area contributed by atoms with Gasteiger partial charge in [-0.1, -0.05) is 238 Å². The van der Waals surface area contributed by atoms with E-state index in [2.05, 4.69) is 31.3 Å². The van der Waals surface area contributed by atoms with Gasteiger partial charge in [0.1, 0.15) is 24.4 Å². The van der Waals surface area contributed by atoms with Crippen LogP contribution in [-0.4, -0.2) is 87.5 Å². The van der Waals surface area contributed by atoms with E-state index in [1.54, 1.807) is 0 Å². The summed E-state index contributed by atoms with van der Waals surface area (Å²) in [5.41, 5.74) is 0. The average Bonchev–Trinajstić information content (AvgIpc) is 3.28. The normalized spacial score (nSPS) is 20.1. The van der Waals surface area contributed by atoms with Crippen molar-refractivity contribution in [2.75, 3.05) is 13.2 Å². The van der Waals surface area contributed by atoms with Crippen LogP contribution in [0, 0.1) is 0 Å². The topological polar surface area (TPSA) is 149 Å². The molecule has 9 nitrogen and oxygen atoms in total. The lowest BCUT2D eigenvalue weighted by atomic mass is 9.99. The number of carbonyl (C=O) groups is 1. The van der Waals surface area contributed by atoms with Crippen LogP contribution in [0.4, 0.5) is 0 Å². The van der Waals surface area contributed by atoms with Crippen LogP contribution in [0.1, 0.15) is 271 Å². The van der Waals surface area contributed by atoms with Gasteiger partial charge in [0, 0.05) is 6.42 Å². The van der Waals surface area contributed by atoms with Crippen molar-refractivity contribution in [1.29, 1.82) is 0 Å². The maximum absolute atomic E-state index is 13.0. The monoisotopic (exact) mass is 896 g/mol. The maximum atomic E-state index is 13.0. The molecule has 0 saturated carbocycles. The van der Waals surface area contributed by atoms with E-state index in [4.69, 9.17) is 9.47 Å². The maximum Gasteiger partial charge on any atom is 0.220 e. The summed E-state index contributed by atoms with van der Waals surface area (Å²) in [5.74, 6) is -0.142. The third-order valence-corrected chi connectivity index (χ3v) is 13.4. The summed E-state index contributed by atoms with van der Waals surface area (Å²) in [6.45, 7) is 3.86. The average molecular weight is 896 g/mol. The zero-order chi connectivity index (χ0) is 45.9. The second-order valence-corrected chi connectivity index (χ2v) is 19.4. The van der Waals surface area contributed by atoms with Crippen molar-refractivity contribution in [3.05, 3.63) is 12.2 Å². The van der Waals surface area contributed by atoms with Crippen molar-refractivity contribution in [2.24, 2.45) is 0 Å². The third-order valence-electron chi connectivity index (χ3n) is 13.4. The number of aliphatic hydroxyl groups excluding tert-OH is 5. The SMILES string of the molecule is CCCCCCCCCCCCCC/C=C\CCCCCCCCCCCCC(=O)NC(COC1OC(CO)C(O)C(O)C1O)C(O)CCCCCCCCCCCCCCCC. The zero-order valence-electron chi connectivity index (χ0n) is 41.4. The Kier molecular flexibility index (Phi) is 42.6. The second-order valence-electron chi connectivity index (χ2n) is 19.4. The van der Waals surface area contributed by atoms with Gasteiger partial charge in [0.05, 0.1) is 25.4 Å². The number of nitrogens with one attached hydrogen (secondary N) is 1. The molecule has 7 atom stereocenters. The molecule has 0 aliphatic carbocycles. The van der Waals surface area contributed by atoms with Crippen LogP contribution in [-0.2, 0) is 14.3 Å². The van der Waals surface area contributed by atoms with Crippen molar-refractivity contribution >= 4 is 5.91 Å². The van der Waals surface area contributed by atoms with Crippen molar-refractivity contribution in [2.45, 2.75) is 314 Å². The highest BCUT2D eigenvalue weighted by atomic mass is 16.7. The fourth-order valence-corrected chi connectivity index (χ4v) is 8.98. The molecule has 6 N–H and O–H groups in total. The van der Waals surface area contributed by atoms with Gasteiger partial charge in [-0.15, -0.1) is 0 Å². The van der Waals surface area contributed by atoms with E-state index < -0.39 is 49.5 Å². The Morgan fingerprint density at radius 3 is 1.29 bits per heavy atom. The molecule has 1 amide bonds. The highest BCUT2D eigenvalue weighted by molar-refractivity contribution is 5.76. The van der Waals surface area contributed by atoms with E-state index in [-0.39, 0.29) is 12.5 Å². The summed E-state index contributed by atoms with van der Waals surface area (Å²) in [5, 5.41) is 54.5. The number of hydrogen-bond donors (Lipinski definition) is 6. The van der Waals surface area contributed by atoms with Crippen molar-refractivity contribution < 1.29 is 39.8 Å². The first-order valence-corrected chi connectivity index (χ1v) is 27.4. The lowest BCUT2D eigenvalue weighted by Gasteiger charge is -2.40. The molecular weight excluding hydrogens is 791 g/mol. The van der Waals surface area contributed by atoms with Gasteiger partial charge in [0.15, 0.2) is 6.29 Å². The molecule has 1 aliphatic heterocycles. The van der Waals surface area contributed by atoms with Crippen LogP contribution in [0.5, 0.6) is 0 Å². The first-order valence-electron chi connectivity index (χ1n) is 27.4. The molecule has 1 fully saturated rings. The first kappa shape index (κ1) is 59.9. The molecule has 0 aromatic heterocycles. The quantitative estimate of drug-likeness (QED) is 0.0261. The molecule has 9 heteroatoms. The Morgan fingerprint density at radius 2 is 0.889 bits per heavy atom. The smallest absolute Gasteiger partial charge is 0.220 e. The standard InChI is InChI=1S/C54H105NO8/c1-3-5-7-9-11-13-15-17-19-20-21-22-23-24-25-26-27-28-29-30-32-34-36-38-40-42-44-50(58)55-47(46-62-54-53(61)52(60)51(59)49(45-56)63-54)48(57)43-41-39-37-35-33-31-18-16-14-12-10-8-6-4-2/h24-25,47-49,51-54,56-57,59-61H,3-23,26-46H2,1-2H3,(H,55,58)/b25-24-. The van der Waals surface area contributed by atoms with Crippen LogP contribution >= 0.6 is 0 Å². The molecule has 1 aliphatic rings. The number of hydrogen-bond acceptors (Lipinski definition) is 8. The van der Waals surface area contributed by atoms with E-state index in [1.165, 1.54) is 205 Å². The number of allylic oxidation sites excluding steroid dienone is 2. The van der Waals surface area contributed by atoms with Gasteiger partial charge in [-0.05, 0) is 38.5 Å². The Morgan fingerprint density at radius 1 is 0.524 bits per heavy atom. The molecule has 7 unspecified atom stereocenters. The van der Waals surface area contributed by atoms with Gasteiger partial charge in [0.25, 0.3) is 0 Å². The highest BCUT2D eigenvalue weighted by Crippen LogP contribution is 2.23. The van der Waals surface area contributed by atoms with E-state index >= 15 is 0 Å². The number of ether oxygens (including phenoxy) is 2. The molecule has 1 heterocycles. The first-order chi connectivity index (χ1) is 30.8. The van der Waals surface area contributed by atoms with E-state index in [0.29, 0.717) is 12.8 Å². The molecule has 1 rings (SSSR count). The number of carbonyl (C=O) groups excluding carboxylic acids is 1. The molecule has 0 bridgehead atoms. The Balaban J connectivity index is 2.18. The number of aliphatic hydroxyl groups is 5. The summed E-state index contributed by atoms with van der Waals surface area (Å²) in [6.07, 6.45) is 46.6. The number of rotatable bonds is 47. The number of amides is 1. The third kappa shape index (κ3) is 34.8. The second kappa shape index (κ2) is 44.7. The molecular formula is C54H105NO8. The minimum absolute atomic E-state index is 0.135. The van der Waals surface area contributed by atoms with Gasteiger partial charge < -0.3 is 40.3 Å². The number of unbranched alkanes of at least 4 members (excludes halogenated alkanes) is 35. The predicted molar refractivity (Wildman–Crippen MR) is 263 cm³/mol. The summed E-state index contributed by atoms with van der Waals surface area (Å²) >= 11 is 0. The predicted octanol–water partition coefficient (Wildman–Crippen LogP) is 12.8. The van der Waals surface area contributed by atoms with E-state index in [1.807, 2.05) is 0 Å². The minimum atomic E-state index is -1.55. The van der Waals surface area contributed by atoms with Crippen LogP contribution in [0.15, 0.2) is 12.2 Å². The van der Waals surface area contributed by atoms with Gasteiger partial charge in [0.2, 0.25) is 5.91 Å². The van der Waals surface area contributed by atoms with E-state index in [9.17, 15) is 30.3 Å². The lowest BCUT2D eigenvalue weighted by Crippen LogP contribution is -2.60. The lowest BCUT2D eigenvalue weighted by molar-refractivity contribution is -0.302.